The number of amidine groups is 1. The minimum absolute atomic E-state index is 0.510. The van der Waals surface area contributed by atoms with Gasteiger partial charge in [0.05, 0.1) is 6.54 Å². The predicted octanol–water partition coefficient (Wildman–Crippen LogP) is 3.77. The molecule has 1 atom stereocenters. The Balaban J connectivity index is 1.75. The predicted molar refractivity (Wildman–Crippen MR) is 85.9 cm³/mol. The first kappa shape index (κ1) is 14.6. The Morgan fingerprint density at radius 3 is 2.67 bits per heavy atom. The van der Waals surface area contributed by atoms with Gasteiger partial charge >= 0.3 is 0 Å². The van der Waals surface area contributed by atoms with Crippen LogP contribution in [0.4, 0.5) is 0 Å². The SMILES string of the molecule is CCC(CC)C1CN=C(NCC2(SC)CCC2)S1. The number of hydrogen-bond acceptors (Lipinski definition) is 4. The Morgan fingerprint density at radius 1 is 1.44 bits per heavy atom. The molecule has 0 aromatic heterocycles. The summed E-state index contributed by atoms with van der Waals surface area (Å²) in [5.74, 6) is 0.830. The summed E-state index contributed by atoms with van der Waals surface area (Å²) in [4.78, 5) is 4.69. The van der Waals surface area contributed by atoms with Crippen LogP contribution in [0.2, 0.25) is 0 Å². The van der Waals surface area contributed by atoms with E-state index in [0.717, 1.165) is 19.0 Å². The Bertz CT molecular complexity index is 291. The number of thioether (sulfide) groups is 2. The molecule has 1 N–H and O–H groups in total. The van der Waals surface area contributed by atoms with E-state index in [1.54, 1.807) is 0 Å². The van der Waals surface area contributed by atoms with Crippen LogP contribution in [0.3, 0.4) is 0 Å². The van der Waals surface area contributed by atoms with Gasteiger partial charge < -0.3 is 5.32 Å². The summed E-state index contributed by atoms with van der Waals surface area (Å²) in [5, 5.41) is 5.52. The number of nitrogens with zero attached hydrogens (tertiary/aromatic N) is 1. The molecular weight excluding hydrogens is 260 g/mol. The zero-order valence-corrected chi connectivity index (χ0v) is 13.5. The molecule has 2 rings (SSSR count). The van der Waals surface area contributed by atoms with Crippen molar-refractivity contribution >= 4 is 28.7 Å². The molecule has 104 valence electrons. The highest BCUT2D eigenvalue weighted by Crippen LogP contribution is 2.42. The molecule has 1 fully saturated rings. The molecule has 0 bridgehead atoms. The van der Waals surface area contributed by atoms with Gasteiger partial charge in [-0.05, 0) is 25.0 Å². The van der Waals surface area contributed by atoms with Crippen LogP contribution in [-0.4, -0.2) is 34.5 Å². The first-order chi connectivity index (χ1) is 8.73. The highest BCUT2D eigenvalue weighted by Gasteiger charge is 2.36. The van der Waals surface area contributed by atoms with Crippen molar-refractivity contribution < 1.29 is 0 Å². The van der Waals surface area contributed by atoms with Crippen molar-refractivity contribution in [1.29, 1.82) is 0 Å². The summed E-state index contributed by atoms with van der Waals surface area (Å²) in [5.41, 5.74) is 0. The molecule has 1 heterocycles. The summed E-state index contributed by atoms with van der Waals surface area (Å²) in [7, 11) is 0. The maximum Gasteiger partial charge on any atom is 0.156 e. The van der Waals surface area contributed by atoms with Crippen molar-refractivity contribution in [3.8, 4) is 0 Å². The standard InChI is InChI=1S/C14H26N2S2/c1-4-11(5-2)12-9-15-13(18-12)16-10-14(17-3)7-6-8-14/h11-12H,4-10H2,1-3H3,(H,15,16). The molecule has 0 saturated heterocycles. The van der Waals surface area contributed by atoms with Gasteiger partial charge in [-0.1, -0.05) is 44.9 Å². The second-order valence-electron chi connectivity index (χ2n) is 5.47. The molecule has 1 saturated carbocycles. The van der Waals surface area contributed by atoms with Crippen molar-refractivity contribution in [2.45, 2.75) is 55.9 Å². The molecular formula is C14H26N2S2. The van der Waals surface area contributed by atoms with Crippen LogP contribution < -0.4 is 5.32 Å². The maximum absolute atomic E-state index is 4.69. The third-order valence-electron chi connectivity index (χ3n) is 4.51. The molecule has 0 amide bonds. The lowest BCUT2D eigenvalue weighted by atomic mass is 9.84. The average molecular weight is 287 g/mol. The van der Waals surface area contributed by atoms with Gasteiger partial charge in [0, 0.05) is 16.5 Å². The van der Waals surface area contributed by atoms with Crippen LogP contribution in [0.5, 0.6) is 0 Å². The Morgan fingerprint density at radius 2 is 2.17 bits per heavy atom. The fourth-order valence-electron chi connectivity index (χ4n) is 2.81. The van der Waals surface area contributed by atoms with Gasteiger partial charge in [-0.2, -0.15) is 11.8 Å². The average Bonchev–Trinajstić information content (AvgIpc) is 2.79. The van der Waals surface area contributed by atoms with Crippen molar-refractivity contribution in [3.63, 3.8) is 0 Å². The van der Waals surface area contributed by atoms with Gasteiger partial charge in [-0.3, -0.25) is 4.99 Å². The van der Waals surface area contributed by atoms with E-state index in [1.807, 2.05) is 23.5 Å². The monoisotopic (exact) mass is 286 g/mol. The second-order valence-corrected chi connectivity index (χ2v) is 7.98. The fourth-order valence-corrected chi connectivity index (χ4v) is 5.04. The zero-order chi connectivity index (χ0) is 13.0. The largest absolute Gasteiger partial charge is 0.364 e. The van der Waals surface area contributed by atoms with E-state index in [1.165, 1.54) is 37.3 Å². The van der Waals surface area contributed by atoms with E-state index in [4.69, 9.17) is 0 Å². The third-order valence-corrected chi connectivity index (χ3v) is 7.26. The summed E-state index contributed by atoms with van der Waals surface area (Å²) in [6.45, 7) is 6.73. The van der Waals surface area contributed by atoms with E-state index in [2.05, 4.69) is 30.4 Å². The number of aliphatic imine (C=N–C) groups is 1. The third kappa shape index (κ3) is 3.19. The molecule has 18 heavy (non-hydrogen) atoms. The molecule has 0 aromatic carbocycles. The second kappa shape index (κ2) is 6.56. The minimum Gasteiger partial charge on any atom is -0.364 e. The van der Waals surface area contributed by atoms with Crippen LogP contribution in [0.25, 0.3) is 0 Å². The Kier molecular flexibility index (Phi) is 5.31. The topological polar surface area (TPSA) is 24.4 Å². The first-order valence-electron chi connectivity index (χ1n) is 7.23. The molecule has 4 heteroatoms. The van der Waals surface area contributed by atoms with Crippen LogP contribution >= 0.6 is 23.5 Å². The zero-order valence-electron chi connectivity index (χ0n) is 11.9. The van der Waals surface area contributed by atoms with Crippen LogP contribution in [0, 0.1) is 5.92 Å². The highest BCUT2D eigenvalue weighted by molar-refractivity contribution is 8.14. The number of nitrogens with one attached hydrogen (secondary N) is 1. The van der Waals surface area contributed by atoms with Gasteiger partial charge in [0.2, 0.25) is 0 Å². The van der Waals surface area contributed by atoms with E-state index in [-0.39, 0.29) is 0 Å². The Hall–Kier alpha value is 0.170. The Labute approximate surface area is 120 Å². The number of hydrogen-bond donors (Lipinski definition) is 1. The quantitative estimate of drug-likeness (QED) is 0.804. The molecule has 0 aromatic rings. The summed E-state index contributed by atoms with van der Waals surface area (Å²) < 4.78 is 0.510. The van der Waals surface area contributed by atoms with Gasteiger partial charge in [-0.15, -0.1) is 0 Å². The van der Waals surface area contributed by atoms with Crippen molar-refractivity contribution in [2.75, 3.05) is 19.3 Å². The van der Waals surface area contributed by atoms with Crippen LogP contribution in [0.1, 0.15) is 46.0 Å². The van der Waals surface area contributed by atoms with Crippen LogP contribution in [0.15, 0.2) is 4.99 Å². The van der Waals surface area contributed by atoms with E-state index in [9.17, 15) is 0 Å². The smallest absolute Gasteiger partial charge is 0.156 e. The molecule has 1 aliphatic carbocycles. The lowest BCUT2D eigenvalue weighted by Gasteiger charge is -2.40. The van der Waals surface area contributed by atoms with Gasteiger partial charge in [0.1, 0.15) is 0 Å². The molecule has 1 aliphatic heterocycles. The van der Waals surface area contributed by atoms with E-state index >= 15 is 0 Å². The minimum atomic E-state index is 0.510. The molecule has 1 unspecified atom stereocenters. The lowest BCUT2D eigenvalue weighted by molar-refractivity contribution is 0.362. The molecule has 0 spiro atoms. The van der Waals surface area contributed by atoms with E-state index < -0.39 is 0 Å². The van der Waals surface area contributed by atoms with Gasteiger partial charge in [0.15, 0.2) is 5.17 Å². The molecule has 2 aliphatic rings. The lowest BCUT2D eigenvalue weighted by Crippen LogP contribution is -2.44. The summed E-state index contributed by atoms with van der Waals surface area (Å²) in [6, 6.07) is 0. The number of rotatable bonds is 6. The van der Waals surface area contributed by atoms with Crippen molar-refractivity contribution in [2.24, 2.45) is 10.9 Å². The van der Waals surface area contributed by atoms with Crippen molar-refractivity contribution in [3.05, 3.63) is 0 Å². The van der Waals surface area contributed by atoms with Crippen molar-refractivity contribution in [1.82, 2.24) is 5.32 Å². The summed E-state index contributed by atoms with van der Waals surface area (Å²) in [6.07, 6.45) is 8.96. The normalized spacial score (nSPS) is 26.0. The molecule has 0 radical (unpaired) electrons. The van der Waals surface area contributed by atoms with E-state index in [0.29, 0.717) is 10.00 Å². The highest BCUT2D eigenvalue weighted by atomic mass is 32.2. The van der Waals surface area contributed by atoms with Gasteiger partial charge in [-0.25, -0.2) is 0 Å². The first-order valence-corrected chi connectivity index (χ1v) is 9.33. The fraction of sp³-hybridized carbons (Fsp3) is 0.929. The maximum atomic E-state index is 4.69. The van der Waals surface area contributed by atoms with Crippen LogP contribution in [-0.2, 0) is 0 Å². The summed E-state index contributed by atoms with van der Waals surface area (Å²) >= 11 is 4.02. The van der Waals surface area contributed by atoms with Gasteiger partial charge in [0.25, 0.3) is 0 Å². The molecule has 2 nitrogen and oxygen atoms in total.